The largest absolute Gasteiger partial charge is 0.435 e. The Morgan fingerprint density at radius 3 is 2.03 bits per heavy atom. The highest BCUT2D eigenvalue weighted by atomic mass is 19.2. The second-order valence-corrected chi connectivity index (χ2v) is 6.92. The Labute approximate surface area is 171 Å². The molecule has 0 atom stereocenters. The normalized spacial score (nSPS) is 13.4. The van der Waals surface area contributed by atoms with Crippen molar-refractivity contribution < 1.29 is 31.6 Å². The summed E-state index contributed by atoms with van der Waals surface area (Å²) in [4.78, 5) is 29.1. The molecule has 9 heteroatoms. The molecule has 0 radical (unpaired) electrons. The van der Waals surface area contributed by atoms with Gasteiger partial charge in [0.15, 0.2) is 34.5 Å². The molecule has 2 aromatic heterocycles. The van der Waals surface area contributed by atoms with Crippen LogP contribution in [0.15, 0.2) is 46.4 Å². The number of aryl methyl sites for hydroxylation is 1. The van der Waals surface area contributed by atoms with Crippen molar-refractivity contribution in [3.8, 4) is 11.3 Å². The fourth-order valence-corrected chi connectivity index (χ4v) is 3.64. The van der Waals surface area contributed by atoms with E-state index in [-0.39, 0.29) is 5.89 Å². The van der Waals surface area contributed by atoms with Gasteiger partial charge < -0.3 is 8.98 Å². The smallest absolute Gasteiger partial charge is 0.222 e. The number of allylic oxidation sites excluding steroid dienone is 1. The van der Waals surface area contributed by atoms with Crippen molar-refractivity contribution in [2.24, 2.45) is 7.05 Å². The van der Waals surface area contributed by atoms with Gasteiger partial charge in [-0.1, -0.05) is 30.3 Å². The van der Waals surface area contributed by atoms with Crippen LogP contribution in [-0.2, 0) is 7.05 Å². The highest BCUT2D eigenvalue weighted by molar-refractivity contribution is 6.41. The Bertz CT molecular complexity index is 1420. The number of rotatable bonds is 2. The minimum absolute atomic E-state index is 0.175. The molecular formula is C22H10F4N2O3. The maximum Gasteiger partial charge on any atom is 0.222 e. The van der Waals surface area contributed by atoms with E-state index >= 15 is 0 Å². The van der Waals surface area contributed by atoms with Gasteiger partial charge in [-0.2, -0.15) is 4.98 Å². The summed E-state index contributed by atoms with van der Waals surface area (Å²) in [6.07, 6.45) is 0.904. The molecule has 1 aliphatic rings. The number of Topliss-reactive ketones (excluding diaryl/α,β-unsaturated/α-hetero) is 2. The van der Waals surface area contributed by atoms with Crippen LogP contribution < -0.4 is 0 Å². The Balaban J connectivity index is 1.60. The third-order valence-corrected chi connectivity index (χ3v) is 5.15. The number of hydrogen-bond acceptors (Lipinski definition) is 4. The average molecular weight is 426 g/mol. The van der Waals surface area contributed by atoms with Crippen molar-refractivity contribution in [3.63, 3.8) is 0 Å². The first kappa shape index (κ1) is 19.0. The van der Waals surface area contributed by atoms with Gasteiger partial charge in [0.05, 0.1) is 22.4 Å². The van der Waals surface area contributed by atoms with Crippen LogP contribution in [0.1, 0.15) is 26.6 Å². The third-order valence-electron chi connectivity index (χ3n) is 5.15. The topological polar surface area (TPSA) is 65.1 Å². The minimum atomic E-state index is -2.16. The van der Waals surface area contributed by atoms with Crippen LogP contribution in [0.4, 0.5) is 17.6 Å². The van der Waals surface area contributed by atoms with Crippen molar-refractivity contribution in [2.45, 2.75) is 0 Å². The number of oxazole rings is 1. The molecule has 0 amide bonds. The van der Waals surface area contributed by atoms with E-state index in [1.807, 2.05) is 30.3 Å². The van der Waals surface area contributed by atoms with Crippen LogP contribution in [0, 0.1) is 23.3 Å². The number of fused-ring (bicyclic) bond motifs is 2. The summed E-state index contributed by atoms with van der Waals surface area (Å²) in [7, 11) is 1.74. The lowest BCUT2D eigenvalue weighted by Crippen LogP contribution is -2.07. The molecule has 31 heavy (non-hydrogen) atoms. The highest BCUT2D eigenvalue weighted by Gasteiger charge is 2.42. The zero-order chi connectivity index (χ0) is 22.0. The van der Waals surface area contributed by atoms with Gasteiger partial charge in [0.1, 0.15) is 0 Å². The summed E-state index contributed by atoms with van der Waals surface area (Å²) in [5.74, 6) is -10.9. The summed E-state index contributed by atoms with van der Waals surface area (Å²) in [5.41, 5.74) is -0.534. The summed E-state index contributed by atoms with van der Waals surface area (Å²) in [6.45, 7) is 0. The van der Waals surface area contributed by atoms with Crippen LogP contribution in [-0.4, -0.2) is 21.1 Å². The zero-order valence-electron chi connectivity index (χ0n) is 15.7. The van der Waals surface area contributed by atoms with Gasteiger partial charge in [0.25, 0.3) is 0 Å². The van der Waals surface area contributed by atoms with Crippen LogP contribution >= 0.6 is 0 Å². The molecule has 2 heterocycles. The number of halogens is 4. The lowest BCUT2D eigenvalue weighted by Gasteiger charge is -2.02. The van der Waals surface area contributed by atoms with Crippen molar-refractivity contribution in [1.82, 2.24) is 9.55 Å². The first-order valence-electron chi connectivity index (χ1n) is 8.98. The fourth-order valence-electron chi connectivity index (χ4n) is 3.64. The van der Waals surface area contributed by atoms with Gasteiger partial charge >= 0.3 is 0 Å². The van der Waals surface area contributed by atoms with E-state index in [9.17, 15) is 27.2 Å². The molecule has 0 spiro atoms. The number of nitrogens with zero attached hydrogens (tertiary/aromatic N) is 2. The quantitative estimate of drug-likeness (QED) is 0.151. The average Bonchev–Trinajstić information content (AvgIpc) is 3.38. The number of carbonyl (C=O) groups is 2. The molecular weight excluding hydrogens is 416 g/mol. The third kappa shape index (κ3) is 2.59. The van der Waals surface area contributed by atoms with E-state index in [2.05, 4.69) is 4.98 Å². The Hall–Kier alpha value is -4.01. The first-order valence-corrected chi connectivity index (χ1v) is 8.98. The molecule has 154 valence electrons. The number of aromatic nitrogens is 2. The highest BCUT2D eigenvalue weighted by Crippen LogP contribution is 2.35. The molecule has 2 aromatic carbocycles. The molecule has 5 rings (SSSR count). The molecule has 4 aromatic rings. The molecule has 0 bridgehead atoms. The van der Waals surface area contributed by atoms with E-state index in [1.54, 1.807) is 17.7 Å². The van der Waals surface area contributed by atoms with Crippen molar-refractivity contribution >= 4 is 28.9 Å². The Kier molecular flexibility index (Phi) is 3.98. The maximum atomic E-state index is 14.0. The fraction of sp³-hybridized carbons (Fsp3) is 0.0455. The SMILES string of the molecule is Cn1c(-c2ccccc2)cc2oc(C=C3C(=O)c4c(F)c(F)c(F)c(F)c4C3=O)nc21. The van der Waals surface area contributed by atoms with Crippen LogP contribution in [0.25, 0.3) is 28.6 Å². The van der Waals surface area contributed by atoms with Crippen molar-refractivity contribution in [3.05, 3.63) is 82.3 Å². The molecule has 0 fully saturated rings. The minimum Gasteiger partial charge on any atom is -0.435 e. The maximum absolute atomic E-state index is 14.0. The number of hydrogen-bond donors (Lipinski definition) is 0. The lowest BCUT2D eigenvalue weighted by atomic mass is 10.1. The molecule has 0 N–H and O–H groups in total. The van der Waals surface area contributed by atoms with Crippen molar-refractivity contribution in [1.29, 1.82) is 0 Å². The monoisotopic (exact) mass is 426 g/mol. The molecule has 5 nitrogen and oxygen atoms in total. The predicted octanol–water partition coefficient (Wildman–Crippen LogP) is 4.85. The van der Waals surface area contributed by atoms with Gasteiger partial charge in [-0.15, -0.1) is 0 Å². The van der Waals surface area contributed by atoms with Crippen LogP contribution in [0.3, 0.4) is 0 Å². The van der Waals surface area contributed by atoms with Gasteiger partial charge in [-0.05, 0) is 5.56 Å². The predicted molar refractivity (Wildman–Crippen MR) is 101 cm³/mol. The van der Waals surface area contributed by atoms with E-state index in [1.165, 1.54) is 0 Å². The summed E-state index contributed by atoms with van der Waals surface area (Å²) in [5, 5.41) is 0. The van der Waals surface area contributed by atoms with E-state index in [0.717, 1.165) is 17.3 Å². The van der Waals surface area contributed by atoms with Gasteiger partial charge in [0.2, 0.25) is 17.5 Å². The first-order chi connectivity index (χ1) is 14.8. The van der Waals surface area contributed by atoms with Crippen LogP contribution in [0.2, 0.25) is 0 Å². The summed E-state index contributed by atoms with van der Waals surface area (Å²) >= 11 is 0. The molecule has 0 saturated carbocycles. The van der Waals surface area contributed by atoms with Gasteiger partial charge in [0, 0.05) is 19.2 Å². The molecule has 1 aliphatic carbocycles. The van der Waals surface area contributed by atoms with Gasteiger partial charge in [-0.25, -0.2) is 17.6 Å². The van der Waals surface area contributed by atoms with Gasteiger partial charge in [-0.3, -0.25) is 9.59 Å². The van der Waals surface area contributed by atoms with Crippen LogP contribution in [0.5, 0.6) is 0 Å². The Morgan fingerprint density at radius 2 is 1.48 bits per heavy atom. The lowest BCUT2D eigenvalue weighted by molar-refractivity contribution is 0.0988. The number of ketones is 2. The molecule has 0 aliphatic heterocycles. The second-order valence-electron chi connectivity index (χ2n) is 6.92. The molecule has 0 unspecified atom stereocenters. The number of benzene rings is 2. The second kappa shape index (κ2) is 6.49. The van der Waals surface area contributed by atoms with E-state index in [0.29, 0.717) is 11.2 Å². The summed E-state index contributed by atoms with van der Waals surface area (Å²) in [6, 6.07) is 11.1. The van der Waals surface area contributed by atoms with E-state index in [4.69, 9.17) is 4.42 Å². The molecule has 0 saturated heterocycles. The zero-order valence-corrected chi connectivity index (χ0v) is 15.7. The Morgan fingerprint density at radius 1 is 0.903 bits per heavy atom. The van der Waals surface area contributed by atoms with E-state index < -0.39 is 51.5 Å². The summed E-state index contributed by atoms with van der Waals surface area (Å²) < 4.78 is 62.4. The standard InChI is InChI=1S/C22H10F4N2O3/c1-28-11(9-5-3-2-4-6-9)8-12-22(28)27-13(31-12)7-10-20(29)14-15(21(10)30)17(24)19(26)18(25)16(14)23/h2-8H,1H3. The number of carbonyl (C=O) groups excluding carboxylic acids is 2. The van der Waals surface area contributed by atoms with Crippen molar-refractivity contribution in [2.75, 3.05) is 0 Å².